The molecule has 84 valence electrons. The first-order valence-corrected chi connectivity index (χ1v) is 4.97. The molecule has 2 nitrogen and oxygen atoms in total. The third-order valence-electron chi connectivity index (χ3n) is 2.07. The number of ether oxygens (including phenoxy) is 1. The summed E-state index contributed by atoms with van der Waals surface area (Å²) in [7, 11) is 1.59. The summed E-state index contributed by atoms with van der Waals surface area (Å²) in [5, 5.41) is 0. The molecule has 0 aliphatic carbocycles. The Morgan fingerprint density at radius 3 is 2.53 bits per heavy atom. The summed E-state index contributed by atoms with van der Waals surface area (Å²) < 4.78 is 18.5. The van der Waals surface area contributed by atoms with Crippen molar-refractivity contribution in [2.45, 2.75) is 32.4 Å². The highest BCUT2D eigenvalue weighted by molar-refractivity contribution is 5.25. The van der Waals surface area contributed by atoms with Crippen LogP contribution in [-0.2, 0) is 17.8 Å². The molecule has 0 atom stereocenters. The second kappa shape index (κ2) is 4.73. The minimum Gasteiger partial charge on any atom is -0.380 e. The lowest BCUT2D eigenvalue weighted by Gasteiger charge is -2.18. The monoisotopic (exact) mass is 211 g/mol. The van der Waals surface area contributed by atoms with E-state index in [-0.39, 0.29) is 11.4 Å². The summed E-state index contributed by atoms with van der Waals surface area (Å²) in [5.74, 6) is -0.205. The molecule has 0 aliphatic heterocycles. The molecule has 0 saturated carbocycles. The third kappa shape index (κ3) is 3.98. The van der Waals surface area contributed by atoms with Crippen LogP contribution in [0.25, 0.3) is 0 Å². The lowest BCUT2D eigenvalue weighted by atomic mass is 9.95. The molecule has 2 N–H and O–H groups in total. The molecule has 0 unspecified atom stereocenters. The van der Waals surface area contributed by atoms with E-state index in [9.17, 15) is 4.39 Å². The van der Waals surface area contributed by atoms with E-state index >= 15 is 0 Å². The molecule has 0 heterocycles. The molecular formula is C12H18FNO. The van der Waals surface area contributed by atoms with Crippen LogP contribution < -0.4 is 5.73 Å². The van der Waals surface area contributed by atoms with Crippen LogP contribution in [0.3, 0.4) is 0 Å². The van der Waals surface area contributed by atoms with Crippen LogP contribution in [0, 0.1) is 5.82 Å². The van der Waals surface area contributed by atoms with Gasteiger partial charge in [0.15, 0.2) is 0 Å². The van der Waals surface area contributed by atoms with Gasteiger partial charge in [0.05, 0.1) is 6.61 Å². The maximum Gasteiger partial charge on any atom is 0.126 e. The maximum atomic E-state index is 13.6. The minimum atomic E-state index is -0.385. The molecule has 15 heavy (non-hydrogen) atoms. The fraction of sp³-hybridized carbons (Fsp3) is 0.500. The molecule has 0 amide bonds. The quantitative estimate of drug-likeness (QED) is 0.829. The molecule has 0 radical (unpaired) electrons. The van der Waals surface area contributed by atoms with Gasteiger partial charge in [0, 0.05) is 12.6 Å². The third-order valence-corrected chi connectivity index (χ3v) is 2.07. The Morgan fingerprint density at radius 2 is 2.07 bits per heavy atom. The molecule has 0 saturated heterocycles. The summed E-state index contributed by atoms with van der Waals surface area (Å²) in [6, 6.07) is 5.15. The van der Waals surface area contributed by atoms with Gasteiger partial charge < -0.3 is 10.5 Å². The lowest BCUT2D eigenvalue weighted by Crippen LogP contribution is -2.34. The average Bonchev–Trinajstić information content (AvgIpc) is 2.08. The van der Waals surface area contributed by atoms with Crippen molar-refractivity contribution in [3.05, 3.63) is 35.1 Å². The normalized spacial score (nSPS) is 11.8. The average molecular weight is 211 g/mol. The van der Waals surface area contributed by atoms with Crippen LogP contribution in [0.2, 0.25) is 0 Å². The van der Waals surface area contributed by atoms with Crippen LogP contribution >= 0.6 is 0 Å². The number of benzene rings is 1. The molecule has 0 spiro atoms. The van der Waals surface area contributed by atoms with E-state index in [0.717, 1.165) is 5.56 Å². The summed E-state index contributed by atoms with van der Waals surface area (Å²) in [5.41, 5.74) is 6.95. The largest absolute Gasteiger partial charge is 0.380 e. The second-order valence-electron chi connectivity index (χ2n) is 4.52. The predicted octanol–water partition coefficient (Wildman–Crippen LogP) is 2.25. The van der Waals surface area contributed by atoms with Crippen LogP contribution in [0.4, 0.5) is 4.39 Å². The van der Waals surface area contributed by atoms with E-state index in [1.54, 1.807) is 13.2 Å². The van der Waals surface area contributed by atoms with Crippen molar-refractivity contribution in [3.63, 3.8) is 0 Å². The van der Waals surface area contributed by atoms with Gasteiger partial charge >= 0.3 is 0 Å². The van der Waals surface area contributed by atoms with Gasteiger partial charge in [-0.3, -0.25) is 0 Å². The first kappa shape index (κ1) is 12.1. The SMILES string of the molecule is COCc1ccc(CC(C)(C)N)c(F)c1. The van der Waals surface area contributed by atoms with E-state index in [1.807, 2.05) is 19.9 Å². The van der Waals surface area contributed by atoms with Crippen molar-refractivity contribution < 1.29 is 9.13 Å². The first-order chi connectivity index (χ1) is 6.92. The fourth-order valence-electron chi connectivity index (χ4n) is 1.48. The van der Waals surface area contributed by atoms with Gasteiger partial charge in [-0.15, -0.1) is 0 Å². The summed E-state index contributed by atoms with van der Waals surface area (Å²) in [6.45, 7) is 4.20. The van der Waals surface area contributed by atoms with Crippen molar-refractivity contribution in [3.8, 4) is 0 Å². The highest BCUT2D eigenvalue weighted by Gasteiger charge is 2.14. The highest BCUT2D eigenvalue weighted by atomic mass is 19.1. The van der Waals surface area contributed by atoms with Crippen molar-refractivity contribution in [1.82, 2.24) is 0 Å². The topological polar surface area (TPSA) is 35.2 Å². The molecule has 0 fully saturated rings. The Kier molecular flexibility index (Phi) is 3.83. The predicted molar refractivity (Wildman–Crippen MR) is 59.1 cm³/mol. The minimum absolute atomic E-state index is 0.205. The molecule has 3 heteroatoms. The fourth-order valence-corrected chi connectivity index (χ4v) is 1.48. The van der Waals surface area contributed by atoms with Gasteiger partial charge in [-0.05, 0) is 37.5 Å². The Morgan fingerprint density at radius 1 is 1.40 bits per heavy atom. The van der Waals surface area contributed by atoms with Crippen molar-refractivity contribution >= 4 is 0 Å². The zero-order valence-electron chi connectivity index (χ0n) is 9.51. The van der Waals surface area contributed by atoms with Crippen molar-refractivity contribution in [1.29, 1.82) is 0 Å². The van der Waals surface area contributed by atoms with E-state index in [4.69, 9.17) is 10.5 Å². The van der Waals surface area contributed by atoms with Gasteiger partial charge in [0.1, 0.15) is 5.82 Å². The number of methoxy groups -OCH3 is 1. The number of halogens is 1. The standard InChI is InChI=1S/C12H18FNO/c1-12(2,14)7-10-5-4-9(8-15-3)6-11(10)13/h4-6H,7-8,14H2,1-3H3. The van der Waals surface area contributed by atoms with Crippen LogP contribution in [0.5, 0.6) is 0 Å². The van der Waals surface area contributed by atoms with E-state index in [0.29, 0.717) is 18.6 Å². The Balaban J connectivity index is 2.84. The molecule has 0 aliphatic rings. The lowest BCUT2D eigenvalue weighted by molar-refractivity contribution is 0.184. The van der Waals surface area contributed by atoms with Crippen LogP contribution in [-0.4, -0.2) is 12.6 Å². The van der Waals surface area contributed by atoms with Crippen LogP contribution in [0.1, 0.15) is 25.0 Å². The molecule has 1 aromatic carbocycles. The number of hydrogen-bond acceptors (Lipinski definition) is 2. The summed E-state index contributed by atoms with van der Waals surface area (Å²) in [6.07, 6.45) is 0.534. The zero-order chi connectivity index (χ0) is 11.5. The van der Waals surface area contributed by atoms with Gasteiger partial charge in [-0.1, -0.05) is 12.1 Å². The highest BCUT2D eigenvalue weighted by Crippen LogP contribution is 2.16. The molecular weight excluding hydrogens is 193 g/mol. The smallest absolute Gasteiger partial charge is 0.126 e. The summed E-state index contributed by atoms with van der Waals surface area (Å²) >= 11 is 0. The number of rotatable bonds is 4. The van der Waals surface area contributed by atoms with Gasteiger partial charge in [0.2, 0.25) is 0 Å². The van der Waals surface area contributed by atoms with E-state index in [1.165, 1.54) is 6.07 Å². The Labute approximate surface area is 90.2 Å². The second-order valence-corrected chi connectivity index (χ2v) is 4.52. The van der Waals surface area contributed by atoms with E-state index in [2.05, 4.69) is 0 Å². The Hall–Kier alpha value is -0.930. The zero-order valence-corrected chi connectivity index (χ0v) is 9.51. The van der Waals surface area contributed by atoms with Crippen LogP contribution in [0.15, 0.2) is 18.2 Å². The first-order valence-electron chi connectivity index (χ1n) is 4.97. The number of nitrogens with two attached hydrogens (primary N) is 1. The molecule has 1 aromatic rings. The van der Waals surface area contributed by atoms with Crippen molar-refractivity contribution in [2.75, 3.05) is 7.11 Å². The van der Waals surface area contributed by atoms with E-state index < -0.39 is 0 Å². The maximum absolute atomic E-state index is 13.6. The summed E-state index contributed by atoms with van der Waals surface area (Å²) in [4.78, 5) is 0. The van der Waals surface area contributed by atoms with Gasteiger partial charge in [-0.25, -0.2) is 4.39 Å². The van der Waals surface area contributed by atoms with Gasteiger partial charge in [-0.2, -0.15) is 0 Å². The Bertz CT molecular complexity index is 331. The number of hydrogen-bond donors (Lipinski definition) is 1. The molecule has 0 aromatic heterocycles. The molecule has 0 bridgehead atoms. The van der Waals surface area contributed by atoms with Gasteiger partial charge in [0.25, 0.3) is 0 Å². The van der Waals surface area contributed by atoms with Crippen molar-refractivity contribution in [2.24, 2.45) is 5.73 Å². The molecule has 1 rings (SSSR count).